The monoisotopic (exact) mass is 478 g/mol. The van der Waals surface area contributed by atoms with E-state index in [1.807, 2.05) is 13.0 Å². The van der Waals surface area contributed by atoms with Crippen molar-refractivity contribution < 1.29 is 23.8 Å². The van der Waals surface area contributed by atoms with Gasteiger partial charge in [0.2, 0.25) is 0 Å². The minimum absolute atomic E-state index is 0.227. The Balaban J connectivity index is 1.89. The Kier molecular flexibility index (Phi) is 7.88. The van der Waals surface area contributed by atoms with E-state index >= 15 is 0 Å². The molecule has 0 saturated heterocycles. The molecule has 0 bridgehead atoms. The average Bonchev–Trinajstić information content (AvgIpc) is 2.79. The van der Waals surface area contributed by atoms with E-state index in [4.69, 9.17) is 37.4 Å². The second kappa shape index (κ2) is 10.6. The van der Waals surface area contributed by atoms with E-state index in [1.165, 1.54) is 7.11 Å². The molecule has 2 amide bonds. The maximum atomic E-state index is 12.6. The molecule has 0 aliphatic carbocycles. The third kappa shape index (κ3) is 5.29. The van der Waals surface area contributed by atoms with E-state index in [9.17, 15) is 9.59 Å². The van der Waals surface area contributed by atoms with Crippen LogP contribution in [0.5, 0.6) is 11.5 Å². The number of hydrogen-bond donors (Lipinski definition) is 2. The number of carbonyl (C=O) groups is 2. The summed E-state index contributed by atoms with van der Waals surface area (Å²) in [6.45, 7) is 4.07. The molecule has 3 rings (SSSR count). The molecule has 9 heteroatoms. The van der Waals surface area contributed by atoms with Gasteiger partial charge in [-0.05, 0) is 48.7 Å². The number of esters is 1. The molecule has 2 aromatic carbocycles. The van der Waals surface area contributed by atoms with Gasteiger partial charge in [0.05, 0.1) is 35.4 Å². The number of carbonyl (C=O) groups excluding carboxylic acids is 2. The van der Waals surface area contributed by atoms with Crippen LogP contribution in [-0.2, 0) is 16.1 Å². The summed E-state index contributed by atoms with van der Waals surface area (Å²) >= 11 is 12.0. The van der Waals surface area contributed by atoms with Gasteiger partial charge in [0.15, 0.2) is 11.5 Å². The van der Waals surface area contributed by atoms with Crippen LogP contribution in [0.1, 0.15) is 37.4 Å². The first-order chi connectivity index (χ1) is 15.4. The lowest BCUT2D eigenvalue weighted by Crippen LogP contribution is -2.45. The number of urea groups is 1. The molecule has 1 aliphatic heterocycles. The zero-order valence-electron chi connectivity index (χ0n) is 18.0. The second-order valence-corrected chi connectivity index (χ2v) is 7.76. The van der Waals surface area contributed by atoms with Gasteiger partial charge in [-0.1, -0.05) is 42.3 Å². The van der Waals surface area contributed by atoms with E-state index in [-0.39, 0.29) is 19.2 Å². The fourth-order valence-electron chi connectivity index (χ4n) is 3.37. The van der Waals surface area contributed by atoms with Gasteiger partial charge in [0.25, 0.3) is 0 Å². The van der Waals surface area contributed by atoms with Gasteiger partial charge in [-0.15, -0.1) is 0 Å². The smallest absolute Gasteiger partial charge is 0.338 e. The highest BCUT2D eigenvalue weighted by molar-refractivity contribution is 6.42. The zero-order valence-corrected chi connectivity index (χ0v) is 19.5. The zero-order chi connectivity index (χ0) is 23.3. The normalized spacial score (nSPS) is 15.7. The van der Waals surface area contributed by atoms with Crippen LogP contribution in [0.25, 0.3) is 0 Å². The van der Waals surface area contributed by atoms with Crippen molar-refractivity contribution in [1.82, 2.24) is 10.6 Å². The topological polar surface area (TPSA) is 85.9 Å². The lowest BCUT2D eigenvalue weighted by Gasteiger charge is -2.29. The van der Waals surface area contributed by atoms with Crippen LogP contribution in [0.4, 0.5) is 4.79 Å². The van der Waals surface area contributed by atoms with Crippen LogP contribution in [0.2, 0.25) is 10.0 Å². The number of rotatable bonds is 8. The molecule has 1 aliphatic rings. The van der Waals surface area contributed by atoms with E-state index in [0.717, 1.165) is 5.56 Å². The fourth-order valence-corrected chi connectivity index (χ4v) is 3.69. The number of hydrogen-bond acceptors (Lipinski definition) is 5. The van der Waals surface area contributed by atoms with E-state index < -0.39 is 12.0 Å². The predicted octanol–water partition coefficient (Wildman–Crippen LogP) is 5.16. The van der Waals surface area contributed by atoms with Crippen molar-refractivity contribution in [2.75, 3.05) is 13.7 Å². The van der Waals surface area contributed by atoms with Crippen LogP contribution < -0.4 is 20.1 Å². The van der Waals surface area contributed by atoms with E-state index in [2.05, 4.69) is 10.6 Å². The summed E-state index contributed by atoms with van der Waals surface area (Å²) in [5.74, 6) is 0.470. The van der Waals surface area contributed by atoms with Crippen molar-refractivity contribution in [2.24, 2.45) is 0 Å². The van der Waals surface area contributed by atoms with Crippen molar-refractivity contribution in [3.63, 3.8) is 0 Å². The van der Waals surface area contributed by atoms with Crippen molar-refractivity contribution in [3.05, 3.63) is 68.8 Å². The lowest BCUT2D eigenvalue weighted by molar-refractivity contribution is -0.139. The van der Waals surface area contributed by atoms with Gasteiger partial charge >= 0.3 is 12.0 Å². The van der Waals surface area contributed by atoms with E-state index in [0.29, 0.717) is 44.8 Å². The first-order valence-electron chi connectivity index (χ1n) is 10.1. The summed E-state index contributed by atoms with van der Waals surface area (Å²) in [7, 11) is 1.52. The molecule has 170 valence electrons. The summed E-state index contributed by atoms with van der Waals surface area (Å²) in [4.78, 5) is 24.8. The predicted molar refractivity (Wildman–Crippen MR) is 122 cm³/mol. The Labute approximate surface area is 196 Å². The third-order valence-electron chi connectivity index (χ3n) is 4.90. The summed E-state index contributed by atoms with van der Waals surface area (Å²) in [5, 5.41) is 6.41. The van der Waals surface area contributed by atoms with Gasteiger partial charge in [0.1, 0.15) is 6.61 Å². The van der Waals surface area contributed by atoms with Crippen LogP contribution in [0, 0.1) is 0 Å². The summed E-state index contributed by atoms with van der Waals surface area (Å²) in [5.41, 5.74) is 2.39. The van der Waals surface area contributed by atoms with Gasteiger partial charge in [-0.2, -0.15) is 0 Å². The van der Waals surface area contributed by atoms with Crippen molar-refractivity contribution in [3.8, 4) is 11.5 Å². The van der Waals surface area contributed by atoms with Crippen LogP contribution in [0.3, 0.4) is 0 Å². The van der Waals surface area contributed by atoms with Gasteiger partial charge in [-0.25, -0.2) is 9.59 Å². The second-order valence-electron chi connectivity index (χ2n) is 6.95. The highest BCUT2D eigenvalue weighted by atomic mass is 35.5. The van der Waals surface area contributed by atoms with Gasteiger partial charge < -0.3 is 24.8 Å². The molecule has 1 heterocycles. The maximum absolute atomic E-state index is 12.6. The van der Waals surface area contributed by atoms with Crippen LogP contribution in [-0.4, -0.2) is 25.7 Å². The number of allylic oxidation sites excluding steroid dienone is 1. The highest BCUT2D eigenvalue weighted by Crippen LogP contribution is 2.35. The summed E-state index contributed by atoms with van der Waals surface area (Å²) < 4.78 is 16.6. The molecular weight excluding hydrogens is 455 g/mol. The quantitative estimate of drug-likeness (QED) is 0.511. The lowest BCUT2D eigenvalue weighted by atomic mass is 9.94. The number of amides is 2. The standard InChI is InChI=1S/C23H24Cl2N2O5/c1-4-17-20(22(28)31-5-2)21(27-23(29)26-17)14-7-9-18(19(11-14)30-3)32-12-13-6-8-15(24)16(25)10-13/h6-11,21H,4-5,12H2,1-3H3,(H2,26,27,29). The number of halogens is 2. The van der Waals surface area contributed by atoms with Gasteiger partial charge in [-0.3, -0.25) is 0 Å². The first kappa shape index (κ1) is 23.8. The average molecular weight is 479 g/mol. The Hall–Kier alpha value is -2.90. The highest BCUT2D eigenvalue weighted by Gasteiger charge is 2.33. The van der Waals surface area contributed by atoms with Crippen LogP contribution in [0.15, 0.2) is 47.7 Å². The molecule has 7 nitrogen and oxygen atoms in total. The number of methoxy groups -OCH3 is 1. The molecule has 0 saturated carbocycles. The molecule has 2 aromatic rings. The SMILES string of the molecule is CCOC(=O)C1=C(CC)NC(=O)NC1c1ccc(OCc2ccc(Cl)c(Cl)c2)c(OC)c1. The molecule has 0 aromatic heterocycles. The molecule has 0 radical (unpaired) electrons. The van der Waals surface area contributed by atoms with Crippen molar-refractivity contribution in [2.45, 2.75) is 32.9 Å². The van der Waals surface area contributed by atoms with E-state index in [1.54, 1.807) is 37.3 Å². The number of nitrogens with one attached hydrogen (secondary N) is 2. The fraction of sp³-hybridized carbons (Fsp3) is 0.304. The third-order valence-corrected chi connectivity index (χ3v) is 5.64. The van der Waals surface area contributed by atoms with Crippen molar-refractivity contribution >= 4 is 35.2 Å². The molecule has 32 heavy (non-hydrogen) atoms. The Morgan fingerprint density at radius 1 is 1.06 bits per heavy atom. The molecular formula is C23H24Cl2N2O5. The molecule has 2 N–H and O–H groups in total. The molecule has 0 spiro atoms. The van der Waals surface area contributed by atoms with Crippen molar-refractivity contribution in [1.29, 1.82) is 0 Å². The molecule has 1 unspecified atom stereocenters. The maximum Gasteiger partial charge on any atom is 0.338 e. The minimum Gasteiger partial charge on any atom is -0.493 e. The molecule has 1 atom stereocenters. The Morgan fingerprint density at radius 3 is 2.50 bits per heavy atom. The summed E-state index contributed by atoms with van der Waals surface area (Å²) in [6.07, 6.45) is 0.472. The van der Waals surface area contributed by atoms with Gasteiger partial charge in [0, 0.05) is 5.70 Å². The molecule has 0 fully saturated rings. The number of benzene rings is 2. The largest absolute Gasteiger partial charge is 0.493 e. The van der Waals surface area contributed by atoms with Crippen LogP contribution >= 0.6 is 23.2 Å². The Bertz CT molecular complexity index is 1050. The number of ether oxygens (including phenoxy) is 3. The first-order valence-corrected chi connectivity index (χ1v) is 10.9. The minimum atomic E-state index is -0.684. The Morgan fingerprint density at radius 2 is 1.84 bits per heavy atom. The summed E-state index contributed by atoms with van der Waals surface area (Å²) in [6, 6.07) is 9.42.